The summed E-state index contributed by atoms with van der Waals surface area (Å²) in [5.74, 6) is 2.62. The summed E-state index contributed by atoms with van der Waals surface area (Å²) in [6.45, 7) is 1.82. The van der Waals surface area contributed by atoms with Crippen molar-refractivity contribution in [3.8, 4) is 23.1 Å². The number of rotatable bonds is 3. The molecule has 6 heteroatoms. The van der Waals surface area contributed by atoms with Crippen LogP contribution in [-0.2, 0) is 0 Å². The van der Waals surface area contributed by atoms with Crippen LogP contribution in [0.5, 0.6) is 5.88 Å². The van der Waals surface area contributed by atoms with E-state index >= 15 is 0 Å². The molecule has 0 bridgehead atoms. The first-order valence-electron chi connectivity index (χ1n) is 6.46. The first-order valence-corrected chi connectivity index (χ1v) is 6.46. The second-order valence-electron chi connectivity index (χ2n) is 4.56. The number of benzene rings is 1. The Bertz CT molecular complexity index is 781. The Hall–Kier alpha value is -2.89. The molecular formula is C15H15N5O. The summed E-state index contributed by atoms with van der Waals surface area (Å²) in [7, 11) is 1.58. The van der Waals surface area contributed by atoms with Gasteiger partial charge in [0, 0.05) is 29.7 Å². The SMILES string of the molecule is COc1cc(-n2ccnc2-c2cccc(N)c2)nc(C)n1. The molecule has 3 rings (SSSR count). The highest BCUT2D eigenvalue weighted by molar-refractivity contribution is 5.63. The minimum Gasteiger partial charge on any atom is -0.481 e. The van der Waals surface area contributed by atoms with Gasteiger partial charge < -0.3 is 10.5 Å². The van der Waals surface area contributed by atoms with Crippen molar-refractivity contribution in [1.82, 2.24) is 19.5 Å². The monoisotopic (exact) mass is 281 g/mol. The number of hydrogen-bond acceptors (Lipinski definition) is 5. The summed E-state index contributed by atoms with van der Waals surface area (Å²) < 4.78 is 7.07. The van der Waals surface area contributed by atoms with Gasteiger partial charge in [-0.25, -0.2) is 9.97 Å². The fourth-order valence-electron chi connectivity index (χ4n) is 2.13. The topological polar surface area (TPSA) is 78.9 Å². The molecule has 0 radical (unpaired) electrons. The van der Waals surface area contributed by atoms with Crippen molar-refractivity contribution >= 4 is 5.69 Å². The summed E-state index contributed by atoms with van der Waals surface area (Å²) in [5, 5.41) is 0. The fraction of sp³-hybridized carbons (Fsp3) is 0.133. The van der Waals surface area contributed by atoms with E-state index in [1.54, 1.807) is 19.4 Å². The van der Waals surface area contributed by atoms with Gasteiger partial charge >= 0.3 is 0 Å². The summed E-state index contributed by atoms with van der Waals surface area (Å²) in [6, 6.07) is 9.35. The van der Waals surface area contributed by atoms with E-state index in [0.717, 1.165) is 11.4 Å². The van der Waals surface area contributed by atoms with E-state index < -0.39 is 0 Å². The Morgan fingerprint density at radius 3 is 2.81 bits per heavy atom. The molecule has 0 aliphatic carbocycles. The summed E-state index contributed by atoms with van der Waals surface area (Å²) >= 11 is 0. The van der Waals surface area contributed by atoms with Crippen molar-refractivity contribution < 1.29 is 4.74 Å². The number of methoxy groups -OCH3 is 1. The van der Waals surface area contributed by atoms with Crippen molar-refractivity contribution in [2.75, 3.05) is 12.8 Å². The molecule has 0 fully saturated rings. The Morgan fingerprint density at radius 2 is 2.05 bits per heavy atom. The quantitative estimate of drug-likeness (QED) is 0.745. The number of hydrogen-bond donors (Lipinski definition) is 1. The van der Waals surface area contributed by atoms with Crippen LogP contribution in [0.3, 0.4) is 0 Å². The van der Waals surface area contributed by atoms with Crippen molar-refractivity contribution in [3.63, 3.8) is 0 Å². The van der Waals surface area contributed by atoms with Crippen LogP contribution in [0.1, 0.15) is 5.82 Å². The molecular weight excluding hydrogens is 266 g/mol. The van der Waals surface area contributed by atoms with E-state index in [0.29, 0.717) is 23.2 Å². The number of imidazole rings is 1. The molecule has 0 aliphatic rings. The largest absolute Gasteiger partial charge is 0.481 e. The predicted octanol–water partition coefficient (Wildman–Crippen LogP) is 2.23. The van der Waals surface area contributed by atoms with Crippen molar-refractivity contribution in [3.05, 3.63) is 48.5 Å². The molecule has 2 N–H and O–H groups in total. The first-order chi connectivity index (χ1) is 10.2. The molecule has 6 nitrogen and oxygen atoms in total. The van der Waals surface area contributed by atoms with Crippen LogP contribution in [0.25, 0.3) is 17.2 Å². The molecule has 2 heterocycles. The number of nitrogen functional groups attached to an aromatic ring is 1. The molecule has 0 saturated carbocycles. The summed E-state index contributed by atoms with van der Waals surface area (Å²) in [4.78, 5) is 13.0. The maximum Gasteiger partial charge on any atom is 0.218 e. The van der Waals surface area contributed by atoms with Gasteiger partial charge in [-0.15, -0.1) is 0 Å². The summed E-state index contributed by atoms with van der Waals surface area (Å²) in [6.07, 6.45) is 3.57. The zero-order valence-corrected chi connectivity index (χ0v) is 11.8. The van der Waals surface area contributed by atoms with Gasteiger partial charge in [-0.3, -0.25) is 4.57 Å². The van der Waals surface area contributed by atoms with E-state index in [9.17, 15) is 0 Å². The van der Waals surface area contributed by atoms with E-state index in [2.05, 4.69) is 15.0 Å². The lowest BCUT2D eigenvalue weighted by molar-refractivity contribution is 0.395. The first kappa shape index (κ1) is 13.1. The fourth-order valence-corrected chi connectivity index (χ4v) is 2.13. The average Bonchev–Trinajstić information content (AvgIpc) is 2.96. The third-order valence-corrected chi connectivity index (χ3v) is 3.04. The zero-order chi connectivity index (χ0) is 14.8. The lowest BCUT2D eigenvalue weighted by atomic mass is 10.2. The number of aromatic nitrogens is 4. The normalized spacial score (nSPS) is 10.6. The van der Waals surface area contributed by atoms with Crippen LogP contribution in [-0.4, -0.2) is 26.6 Å². The van der Waals surface area contributed by atoms with E-state index in [1.165, 1.54) is 0 Å². The molecule has 0 spiro atoms. The van der Waals surface area contributed by atoms with Gasteiger partial charge in [-0.2, -0.15) is 4.98 Å². The smallest absolute Gasteiger partial charge is 0.218 e. The van der Waals surface area contributed by atoms with Crippen LogP contribution < -0.4 is 10.5 Å². The highest BCUT2D eigenvalue weighted by Crippen LogP contribution is 2.23. The molecule has 1 aromatic carbocycles. The van der Waals surface area contributed by atoms with Gasteiger partial charge in [0.05, 0.1) is 7.11 Å². The van der Waals surface area contributed by atoms with Gasteiger partial charge in [0.25, 0.3) is 0 Å². The van der Waals surface area contributed by atoms with Gasteiger partial charge in [-0.05, 0) is 19.1 Å². The zero-order valence-electron chi connectivity index (χ0n) is 11.8. The van der Waals surface area contributed by atoms with Gasteiger partial charge in [0.2, 0.25) is 5.88 Å². The van der Waals surface area contributed by atoms with Crippen LogP contribution >= 0.6 is 0 Å². The maximum atomic E-state index is 5.84. The molecule has 0 saturated heterocycles. The van der Waals surface area contributed by atoms with Crippen molar-refractivity contribution in [2.45, 2.75) is 6.92 Å². The second kappa shape index (κ2) is 5.24. The third-order valence-electron chi connectivity index (χ3n) is 3.04. The maximum absolute atomic E-state index is 5.84. The van der Waals surface area contributed by atoms with E-state index in [1.807, 2.05) is 42.0 Å². The predicted molar refractivity (Wildman–Crippen MR) is 80.3 cm³/mol. The number of nitrogens with zero attached hydrogens (tertiary/aromatic N) is 4. The van der Waals surface area contributed by atoms with E-state index in [4.69, 9.17) is 10.5 Å². The summed E-state index contributed by atoms with van der Waals surface area (Å²) in [5.41, 5.74) is 7.46. The van der Waals surface area contributed by atoms with Gasteiger partial charge in [0.15, 0.2) is 0 Å². The lowest BCUT2D eigenvalue weighted by Gasteiger charge is -2.09. The van der Waals surface area contributed by atoms with Crippen LogP contribution in [0.2, 0.25) is 0 Å². The Balaban J connectivity index is 2.13. The molecule has 0 unspecified atom stereocenters. The molecule has 0 aliphatic heterocycles. The molecule has 2 aromatic heterocycles. The van der Waals surface area contributed by atoms with E-state index in [-0.39, 0.29) is 0 Å². The van der Waals surface area contributed by atoms with Crippen molar-refractivity contribution in [1.29, 1.82) is 0 Å². The number of anilines is 1. The lowest BCUT2D eigenvalue weighted by Crippen LogP contribution is -2.03. The minimum atomic E-state index is 0.518. The Morgan fingerprint density at radius 1 is 1.19 bits per heavy atom. The number of nitrogens with two attached hydrogens (primary N) is 1. The molecule has 0 amide bonds. The van der Waals surface area contributed by atoms with Crippen LogP contribution in [0, 0.1) is 6.92 Å². The second-order valence-corrected chi connectivity index (χ2v) is 4.56. The molecule has 21 heavy (non-hydrogen) atoms. The standard InChI is InChI=1S/C15H15N5O/c1-10-18-13(9-14(19-10)21-2)20-7-6-17-15(20)11-4-3-5-12(16)8-11/h3-9H,16H2,1-2H3. The Kier molecular flexibility index (Phi) is 3.27. The Labute approximate surface area is 122 Å². The number of aryl methyl sites for hydroxylation is 1. The molecule has 106 valence electrons. The van der Waals surface area contributed by atoms with Gasteiger partial charge in [0.1, 0.15) is 17.5 Å². The van der Waals surface area contributed by atoms with Crippen LogP contribution in [0.15, 0.2) is 42.7 Å². The van der Waals surface area contributed by atoms with Crippen molar-refractivity contribution in [2.24, 2.45) is 0 Å². The molecule has 0 atom stereocenters. The number of ether oxygens (including phenoxy) is 1. The molecule has 3 aromatic rings. The van der Waals surface area contributed by atoms with Gasteiger partial charge in [-0.1, -0.05) is 12.1 Å². The highest BCUT2D eigenvalue weighted by Gasteiger charge is 2.11. The highest BCUT2D eigenvalue weighted by atomic mass is 16.5. The third kappa shape index (κ3) is 2.55. The van der Waals surface area contributed by atoms with Crippen LogP contribution in [0.4, 0.5) is 5.69 Å². The minimum absolute atomic E-state index is 0.518. The average molecular weight is 281 g/mol.